The standard InChI is InChI=1S/C21H24ClN3O2S/c1-13-8-17(22)6-7-19(13)27-11-16-9-20(28-12-16)21(26)24(4)10-18-14(2)23-25(5)15(18)3/h6-9,12H,10-11H2,1-5H3. The maximum atomic E-state index is 12.8. The Morgan fingerprint density at radius 3 is 2.68 bits per heavy atom. The van der Waals surface area contributed by atoms with Crippen molar-refractivity contribution in [2.75, 3.05) is 7.05 Å². The maximum absolute atomic E-state index is 12.8. The van der Waals surface area contributed by atoms with Gasteiger partial charge in [0.1, 0.15) is 12.4 Å². The summed E-state index contributed by atoms with van der Waals surface area (Å²) in [5.41, 5.74) is 5.09. The van der Waals surface area contributed by atoms with Crippen molar-refractivity contribution in [1.29, 1.82) is 0 Å². The molecule has 5 nitrogen and oxygen atoms in total. The van der Waals surface area contributed by atoms with E-state index >= 15 is 0 Å². The van der Waals surface area contributed by atoms with Crippen LogP contribution in [0.4, 0.5) is 0 Å². The van der Waals surface area contributed by atoms with Crippen LogP contribution in [0.25, 0.3) is 0 Å². The predicted molar refractivity (Wildman–Crippen MR) is 113 cm³/mol. The van der Waals surface area contributed by atoms with Crippen molar-refractivity contribution in [2.24, 2.45) is 7.05 Å². The molecule has 0 N–H and O–H groups in total. The van der Waals surface area contributed by atoms with E-state index in [1.165, 1.54) is 11.3 Å². The molecule has 0 saturated heterocycles. The number of aromatic nitrogens is 2. The van der Waals surface area contributed by atoms with E-state index in [2.05, 4.69) is 5.10 Å². The monoisotopic (exact) mass is 417 g/mol. The fourth-order valence-corrected chi connectivity index (χ4v) is 4.16. The number of ether oxygens (including phenoxy) is 1. The molecular formula is C21H24ClN3O2S. The Hall–Kier alpha value is -2.31. The number of hydrogen-bond acceptors (Lipinski definition) is 4. The van der Waals surface area contributed by atoms with Crippen LogP contribution in [0.5, 0.6) is 5.75 Å². The molecule has 0 spiro atoms. The minimum absolute atomic E-state index is 0.00146. The number of thiophene rings is 1. The molecular weight excluding hydrogens is 394 g/mol. The second-order valence-electron chi connectivity index (χ2n) is 6.95. The van der Waals surface area contributed by atoms with Gasteiger partial charge in [-0.1, -0.05) is 11.6 Å². The van der Waals surface area contributed by atoms with E-state index in [1.807, 2.05) is 69.2 Å². The first-order chi connectivity index (χ1) is 13.3. The van der Waals surface area contributed by atoms with Crippen LogP contribution in [0, 0.1) is 20.8 Å². The van der Waals surface area contributed by atoms with Crippen molar-refractivity contribution in [3.8, 4) is 5.75 Å². The highest BCUT2D eigenvalue weighted by molar-refractivity contribution is 7.12. The zero-order chi connectivity index (χ0) is 20.4. The average Bonchev–Trinajstić information content (AvgIpc) is 3.21. The number of benzene rings is 1. The second kappa shape index (κ2) is 8.37. The summed E-state index contributed by atoms with van der Waals surface area (Å²) < 4.78 is 7.72. The van der Waals surface area contributed by atoms with E-state index in [4.69, 9.17) is 16.3 Å². The lowest BCUT2D eigenvalue weighted by molar-refractivity contribution is 0.0789. The summed E-state index contributed by atoms with van der Waals surface area (Å²) in [7, 11) is 3.74. The SMILES string of the molecule is Cc1cc(Cl)ccc1OCc1csc(C(=O)N(C)Cc2c(C)nn(C)c2C)c1. The molecule has 3 rings (SSSR count). The minimum atomic E-state index is 0.00146. The lowest BCUT2D eigenvalue weighted by Crippen LogP contribution is -2.26. The van der Waals surface area contributed by atoms with E-state index in [-0.39, 0.29) is 5.91 Å². The molecule has 148 valence electrons. The van der Waals surface area contributed by atoms with Crippen molar-refractivity contribution in [2.45, 2.75) is 33.9 Å². The molecule has 2 aromatic heterocycles. The number of hydrogen-bond donors (Lipinski definition) is 0. The smallest absolute Gasteiger partial charge is 0.263 e. The van der Waals surface area contributed by atoms with Gasteiger partial charge in [0.2, 0.25) is 0 Å². The largest absolute Gasteiger partial charge is 0.489 e. The van der Waals surface area contributed by atoms with Crippen LogP contribution in [0.3, 0.4) is 0 Å². The van der Waals surface area contributed by atoms with E-state index in [0.29, 0.717) is 23.1 Å². The van der Waals surface area contributed by atoms with E-state index in [1.54, 1.807) is 4.90 Å². The van der Waals surface area contributed by atoms with E-state index in [0.717, 1.165) is 33.8 Å². The van der Waals surface area contributed by atoms with Crippen LogP contribution in [0.1, 0.15) is 37.7 Å². The number of carbonyl (C=O) groups is 1. The Bertz CT molecular complexity index is 1010. The van der Waals surface area contributed by atoms with Gasteiger partial charge in [0.15, 0.2) is 0 Å². The van der Waals surface area contributed by atoms with Gasteiger partial charge >= 0.3 is 0 Å². The highest BCUT2D eigenvalue weighted by Gasteiger charge is 2.18. The number of carbonyl (C=O) groups excluding carboxylic acids is 1. The quantitative estimate of drug-likeness (QED) is 0.572. The molecule has 0 unspecified atom stereocenters. The molecule has 1 amide bonds. The molecule has 0 aliphatic rings. The Balaban J connectivity index is 1.64. The summed E-state index contributed by atoms with van der Waals surface area (Å²) in [6.45, 7) is 6.91. The lowest BCUT2D eigenvalue weighted by atomic mass is 10.2. The summed E-state index contributed by atoms with van der Waals surface area (Å²) in [5, 5.41) is 7.08. The zero-order valence-corrected chi connectivity index (χ0v) is 18.3. The van der Waals surface area contributed by atoms with Crippen LogP contribution < -0.4 is 4.74 Å². The first-order valence-corrected chi connectivity index (χ1v) is 10.2. The molecule has 28 heavy (non-hydrogen) atoms. The number of rotatable bonds is 6. The Morgan fingerprint density at radius 1 is 1.29 bits per heavy atom. The van der Waals surface area contributed by atoms with Gasteiger partial charge in [-0.15, -0.1) is 11.3 Å². The van der Waals surface area contributed by atoms with E-state index < -0.39 is 0 Å². The zero-order valence-electron chi connectivity index (χ0n) is 16.7. The topological polar surface area (TPSA) is 47.4 Å². The summed E-state index contributed by atoms with van der Waals surface area (Å²) >= 11 is 7.42. The molecule has 0 aliphatic heterocycles. The minimum Gasteiger partial charge on any atom is -0.489 e. The van der Waals surface area contributed by atoms with Gasteiger partial charge in [0.25, 0.3) is 5.91 Å². The molecule has 7 heteroatoms. The van der Waals surface area contributed by atoms with Crippen molar-refractivity contribution >= 4 is 28.8 Å². The lowest BCUT2D eigenvalue weighted by Gasteiger charge is -2.16. The first-order valence-electron chi connectivity index (χ1n) is 8.97. The summed E-state index contributed by atoms with van der Waals surface area (Å²) in [5.74, 6) is 0.796. The van der Waals surface area contributed by atoms with Gasteiger partial charge in [-0.05, 0) is 56.0 Å². The van der Waals surface area contributed by atoms with Crippen LogP contribution in [-0.2, 0) is 20.2 Å². The van der Waals surface area contributed by atoms with Crippen molar-refractivity contribution in [3.63, 3.8) is 0 Å². The van der Waals surface area contributed by atoms with Gasteiger partial charge in [-0.3, -0.25) is 9.48 Å². The van der Waals surface area contributed by atoms with Crippen LogP contribution >= 0.6 is 22.9 Å². The fourth-order valence-electron chi connectivity index (χ4n) is 3.04. The summed E-state index contributed by atoms with van der Waals surface area (Å²) in [4.78, 5) is 15.2. The average molecular weight is 418 g/mol. The molecule has 3 aromatic rings. The Labute approximate surface area is 174 Å². The van der Waals surface area contributed by atoms with Gasteiger partial charge in [-0.25, -0.2) is 0 Å². The molecule has 0 atom stereocenters. The number of aryl methyl sites for hydroxylation is 3. The third-order valence-electron chi connectivity index (χ3n) is 4.80. The third kappa shape index (κ3) is 4.39. The van der Waals surface area contributed by atoms with Crippen LogP contribution in [0.15, 0.2) is 29.6 Å². The summed E-state index contributed by atoms with van der Waals surface area (Å²) in [6.07, 6.45) is 0. The van der Waals surface area contributed by atoms with Gasteiger partial charge in [-0.2, -0.15) is 5.10 Å². The molecule has 0 bridgehead atoms. The molecule has 2 heterocycles. The highest BCUT2D eigenvalue weighted by atomic mass is 35.5. The van der Waals surface area contributed by atoms with Gasteiger partial charge < -0.3 is 9.64 Å². The fraction of sp³-hybridized carbons (Fsp3) is 0.333. The van der Waals surface area contributed by atoms with Gasteiger partial charge in [0, 0.05) is 42.5 Å². The number of halogens is 1. The first kappa shape index (κ1) is 20.4. The third-order valence-corrected chi connectivity index (χ3v) is 6.00. The normalized spacial score (nSPS) is 10.9. The molecule has 1 aromatic carbocycles. The van der Waals surface area contributed by atoms with Crippen molar-refractivity contribution in [1.82, 2.24) is 14.7 Å². The molecule has 0 aliphatic carbocycles. The van der Waals surface area contributed by atoms with E-state index in [9.17, 15) is 4.79 Å². The number of amides is 1. The van der Waals surface area contributed by atoms with Crippen LogP contribution in [-0.4, -0.2) is 27.6 Å². The number of nitrogens with zero attached hydrogens (tertiary/aromatic N) is 3. The van der Waals surface area contributed by atoms with Crippen molar-refractivity contribution < 1.29 is 9.53 Å². The Kier molecular flexibility index (Phi) is 6.10. The maximum Gasteiger partial charge on any atom is 0.263 e. The second-order valence-corrected chi connectivity index (χ2v) is 8.30. The van der Waals surface area contributed by atoms with Crippen molar-refractivity contribution in [3.05, 3.63) is 67.6 Å². The highest BCUT2D eigenvalue weighted by Crippen LogP contribution is 2.24. The molecule has 0 radical (unpaired) electrons. The Morgan fingerprint density at radius 2 is 2.04 bits per heavy atom. The predicted octanol–water partition coefficient (Wildman–Crippen LogP) is 4.91. The molecule has 0 saturated carbocycles. The molecule has 0 fully saturated rings. The summed E-state index contributed by atoms with van der Waals surface area (Å²) in [6, 6.07) is 7.45. The van der Waals surface area contributed by atoms with Crippen LogP contribution in [0.2, 0.25) is 5.02 Å². The van der Waals surface area contributed by atoms with Gasteiger partial charge in [0.05, 0.1) is 10.6 Å².